The first-order valence-electron chi connectivity index (χ1n) is 8.73. The van der Waals surface area contributed by atoms with Crippen LogP contribution in [0.3, 0.4) is 0 Å². The number of hydrogen-bond donors (Lipinski definition) is 0. The first kappa shape index (κ1) is 16.1. The van der Waals surface area contributed by atoms with Crippen LogP contribution in [0.25, 0.3) is 33.7 Å². The minimum atomic E-state index is 0.463. The fourth-order valence-corrected chi connectivity index (χ4v) is 2.92. The van der Waals surface area contributed by atoms with E-state index >= 15 is 0 Å². The topological polar surface area (TPSA) is 73.9 Å². The number of benzene rings is 3. The molecule has 6 nitrogen and oxygen atoms in total. The SMILES string of the molecule is c1ccc(-c2nc(Oc3ccc(-c4nnco4)cc3)c3ccccc3n2)cc1. The van der Waals surface area contributed by atoms with E-state index in [-0.39, 0.29) is 0 Å². The molecule has 134 valence electrons. The molecule has 0 spiro atoms. The largest absolute Gasteiger partial charge is 0.438 e. The Morgan fingerprint density at radius 3 is 2.29 bits per heavy atom. The van der Waals surface area contributed by atoms with Gasteiger partial charge in [-0.15, -0.1) is 10.2 Å². The average Bonchev–Trinajstić information content (AvgIpc) is 3.30. The number of aromatic nitrogens is 4. The molecule has 0 unspecified atom stereocenters. The fourth-order valence-electron chi connectivity index (χ4n) is 2.92. The Labute approximate surface area is 160 Å². The third-order valence-corrected chi connectivity index (χ3v) is 4.28. The second-order valence-corrected chi connectivity index (χ2v) is 6.11. The molecule has 0 aliphatic carbocycles. The summed E-state index contributed by atoms with van der Waals surface area (Å²) in [4.78, 5) is 9.34. The number of hydrogen-bond acceptors (Lipinski definition) is 6. The number of nitrogens with zero attached hydrogens (tertiary/aromatic N) is 4. The number of ether oxygens (including phenoxy) is 1. The quantitative estimate of drug-likeness (QED) is 0.438. The first-order chi connectivity index (χ1) is 13.9. The van der Waals surface area contributed by atoms with Crippen LogP contribution in [0.1, 0.15) is 0 Å². The van der Waals surface area contributed by atoms with E-state index in [1.54, 1.807) is 0 Å². The molecule has 6 heteroatoms. The van der Waals surface area contributed by atoms with Gasteiger partial charge < -0.3 is 9.15 Å². The highest BCUT2D eigenvalue weighted by Gasteiger charge is 2.12. The minimum Gasteiger partial charge on any atom is -0.438 e. The lowest BCUT2D eigenvalue weighted by atomic mass is 10.2. The highest BCUT2D eigenvalue weighted by Crippen LogP contribution is 2.31. The summed E-state index contributed by atoms with van der Waals surface area (Å²) in [5, 5.41) is 8.45. The van der Waals surface area contributed by atoms with E-state index in [9.17, 15) is 0 Å². The van der Waals surface area contributed by atoms with Gasteiger partial charge in [0.25, 0.3) is 0 Å². The molecule has 0 saturated heterocycles. The van der Waals surface area contributed by atoms with E-state index in [0.717, 1.165) is 22.0 Å². The molecule has 0 radical (unpaired) electrons. The molecular weight excluding hydrogens is 352 g/mol. The molecule has 28 heavy (non-hydrogen) atoms. The van der Waals surface area contributed by atoms with Crippen LogP contribution in [0.2, 0.25) is 0 Å². The zero-order valence-electron chi connectivity index (χ0n) is 14.7. The van der Waals surface area contributed by atoms with Crippen molar-refractivity contribution in [1.82, 2.24) is 20.2 Å². The van der Waals surface area contributed by atoms with E-state index in [0.29, 0.717) is 23.3 Å². The second-order valence-electron chi connectivity index (χ2n) is 6.11. The summed E-state index contributed by atoms with van der Waals surface area (Å²) >= 11 is 0. The van der Waals surface area contributed by atoms with Crippen LogP contribution in [0, 0.1) is 0 Å². The highest BCUT2D eigenvalue weighted by atomic mass is 16.5. The summed E-state index contributed by atoms with van der Waals surface area (Å²) in [6.45, 7) is 0. The standard InChI is InChI=1S/C22H14N4O2/c1-2-6-15(7-3-1)20-24-19-9-5-4-8-18(19)22(25-20)28-17-12-10-16(11-13-17)21-26-23-14-27-21/h1-14H. The smallest absolute Gasteiger partial charge is 0.247 e. The van der Waals surface area contributed by atoms with E-state index in [1.165, 1.54) is 6.39 Å². The van der Waals surface area contributed by atoms with Crippen LogP contribution in [0.4, 0.5) is 0 Å². The predicted octanol–water partition coefficient (Wildman–Crippen LogP) is 5.14. The highest BCUT2D eigenvalue weighted by molar-refractivity contribution is 5.85. The molecule has 0 fully saturated rings. The van der Waals surface area contributed by atoms with E-state index < -0.39 is 0 Å². The molecule has 2 heterocycles. The van der Waals surface area contributed by atoms with Crippen molar-refractivity contribution < 1.29 is 9.15 Å². The lowest BCUT2D eigenvalue weighted by Gasteiger charge is -2.10. The lowest BCUT2D eigenvalue weighted by molar-refractivity contribution is 0.469. The van der Waals surface area contributed by atoms with Crippen molar-refractivity contribution in [2.45, 2.75) is 0 Å². The Kier molecular flexibility index (Phi) is 3.99. The van der Waals surface area contributed by atoms with Crippen molar-refractivity contribution in [2.24, 2.45) is 0 Å². The number of rotatable bonds is 4. The average molecular weight is 366 g/mol. The third-order valence-electron chi connectivity index (χ3n) is 4.28. The summed E-state index contributed by atoms with van der Waals surface area (Å²) in [6, 6.07) is 25.1. The molecule has 0 atom stereocenters. The summed E-state index contributed by atoms with van der Waals surface area (Å²) in [6.07, 6.45) is 1.30. The van der Waals surface area contributed by atoms with E-state index in [1.807, 2.05) is 78.9 Å². The van der Waals surface area contributed by atoms with Gasteiger partial charge in [0.15, 0.2) is 5.82 Å². The molecular formula is C22H14N4O2. The minimum absolute atomic E-state index is 0.463. The second kappa shape index (κ2) is 6.92. The maximum Gasteiger partial charge on any atom is 0.247 e. The summed E-state index contributed by atoms with van der Waals surface area (Å²) in [7, 11) is 0. The molecule has 0 bridgehead atoms. The zero-order chi connectivity index (χ0) is 18.8. The lowest BCUT2D eigenvalue weighted by Crippen LogP contribution is -1.96. The first-order valence-corrected chi connectivity index (χ1v) is 8.73. The van der Waals surface area contributed by atoms with Gasteiger partial charge in [0.1, 0.15) is 5.75 Å². The van der Waals surface area contributed by atoms with Crippen molar-refractivity contribution >= 4 is 10.9 Å². The summed E-state index contributed by atoms with van der Waals surface area (Å²) < 4.78 is 11.3. The van der Waals surface area contributed by atoms with Gasteiger partial charge in [-0.25, -0.2) is 4.98 Å². The van der Waals surface area contributed by atoms with Crippen molar-refractivity contribution in [3.8, 4) is 34.5 Å². The zero-order valence-corrected chi connectivity index (χ0v) is 14.7. The Morgan fingerprint density at radius 2 is 1.50 bits per heavy atom. The van der Waals surface area contributed by atoms with E-state index in [4.69, 9.17) is 9.15 Å². The molecule has 0 amide bonds. The van der Waals surface area contributed by atoms with Gasteiger partial charge in [0.05, 0.1) is 10.9 Å². The van der Waals surface area contributed by atoms with Crippen LogP contribution >= 0.6 is 0 Å². The van der Waals surface area contributed by atoms with Gasteiger partial charge in [-0.2, -0.15) is 4.98 Å². The van der Waals surface area contributed by atoms with Crippen LogP contribution in [-0.4, -0.2) is 20.2 Å². The maximum atomic E-state index is 6.11. The van der Waals surface area contributed by atoms with Crippen LogP contribution in [-0.2, 0) is 0 Å². The Bertz CT molecular complexity index is 1220. The predicted molar refractivity (Wildman–Crippen MR) is 105 cm³/mol. The molecule has 0 aliphatic heterocycles. The van der Waals surface area contributed by atoms with Crippen LogP contribution < -0.4 is 4.74 Å². The monoisotopic (exact) mass is 366 g/mol. The van der Waals surface area contributed by atoms with Crippen molar-refractivity contribution in [2.75, 3.05) is 0 Å². The molecule has 0 saturated carbocycles. The van der Waals surface area contributed by atoms with Crippen molar-refractivity contribution in [3.63, 3.8) is 0 Å². The molecule has 0 N–H and O–H groups in total. The molecule has 2 aromatic heterocycles. The molecule has 5 rings (SSSR count). The Morgan fingerprint density at radius 1 is 0.714 bits per heavy atom. The summed E-state index contributed by atoms with van der Waals surface area (Å²) in [5.74, 6) is 2.25. The van der Waals surface area contributed by atoms with Gasteiger partial charge in [0.2, 0.25) is 18.2 Å². The molecule has 5 aromatic rings. The Hall–Kier alpha value is -4.06. The van der Waals surface area contributed by atoms with Crippen LogP contribution in [0.15, 0.2) is 89.7 Å². The molecule has 3 aromatic carbocycles. The molecule has 0 aliphatic rings. The van der Waals surface area contributed by atoms with Gasteiger partial charge in [-0.3, -0.25) is 0 Å². The van der Waals surface area contributed by atoms with E-state index in [2.05, 4.69) is 20.2 Å². The third kappa shape index (κ3) is 3.07. The number of para-hydroxylation sites is 1. The van der Waals surface area contributed by atoms with Gasteiger partial charge in [-0.05, 0) is 36.4 Å². The maximum absolute atomic E-state index is 6.11. The van der Waals surface area contributed by atoms with Gasteiger partial charge in [-0.1, -0.05) is 42.5 Å². The van der Waals surface area contributed by atoms with Crippen molar-refractivity contribution in [1.29, 1.82) is 0 Å². The number of fused-ring (bicyclic) bond motifs is 1. The Balaban J connectivity index is 1.54. The summed E-state index contributed by atoms with van der Waals surface area (Å²) in [5.41, 5.74) is 2.58. The normalized spacial score (nSPS) is 10.9. The fraction of sp³-hybridized carbons (Fsp3) is 0. The van der Waals surface area contributed by atoms with Crippen molar-refractivity contribution in [3.05, 3.63) is 85.3 Å². The van der Waals surface area contributed by atoms with Crippen LogP contribution in [0.5, 0.6) is 11.6 Å². The van der Waals surface area contributed by atoms with Gasteiger partial charge in [0, 0.05) is 11.1 Å². The van der Waals surface area contributed by atoms with Gasteiger partial charge >= 0.3 is 0 Å².